The second-order valence-corrected chi connectivity index (χ2v) is 8.23. The summed E-state index contributed by atoms with van der Waals surface area (Å²) in [5.41, 5.74) is 0.302. The highest BCUT2D eigenvalue weighted by Gasteiger charge is 2.55. The van der Waals surface area contributed by atoms with E-state index in [2.05, 4.69) is 34.6 Å². The fourth-order valence-electron chi connectivity index (χ4n) is 5.27. The lowest BCUT2D eigenvalue weighted by Gasteiger charge is -2.58. The Balaban J connectivity index is 0.00000225. The zero-order chi connectivity index (χ0) is 18.7. The maximum atomic E-state index is 6.10. The number of halogens is 1. The fourth-order valence-corrected chi connectivity index (χ4v) is 5.27. The highest BCUT2D eigenvalue weighted by molar-refractivity contribution is 14.0. The topological polar surface area (TPSA) is 76.4 Å². The average Bonchev–Trinajstić information content (AvgIpc) is 3.16. The third-order valence-electron chi connectivity index (χ3n) is 6.71. The smallest absolute Gasteiger partial charge is 0.191 e. The van der Waals surface area contributed by atoms with Crippen LogP contribution in [0.25, 0.3) is 0 Å². The molecule has 4 rings (SSSR count). The van der Waals surface area contributed by atoms with E-state index in [4.69, 9.17) is 9.73 Å². The van der Waals surface area contributed by atoms with Crippen LogP contribution in [0.1, 0.15) is 64.6 Å². The van der Waals surface area contributed by atoms with Crippen LogP contribution in [-0.2, 0) is 17.7 Å². The van der Waals surface area contributed by atoms with Gasteiger partial charge < -0.3 is 15.4 Å². The molecule has 0 amide bonds. The molecule has 7 nitrogen and oxygen atoms in total. The molecule has 3 aliphatic rings. The summed E-state index contributed by atoms with van der Waals surface area (Å²) in [7, 11) is 0. The first kappa shape index (κ1) is 21.8. The molecule has 8 heteroatoms. The summed E-state index contributed by atoms with van der Waals surface area (Å²) < 4.78 is 8.12. The van der Waals surface area contributed by atoms with E-state index in [0.717, 1.165) is 50.7 Å². The zero-order valence-corrected chi connectivity index (χ0v) is 19.5. The predicted octanol–water partition coefficient (Wildman–Crippen LogP) is 2.89. The summed E-state index contributed by atoms with van der Waals surface area (Å²) in [5.74, 6) is 2.05. The fraction of sp³-hybridized carbons (Fsp3) is 0.850. The van der Waals surface area contributed by atoms with Gasteiger partial charge >= 0.3 is 0 Å². The van der Waals surface area contributed by atoms with Crippen molar-refractivity contribution in [3.05, 3.63) is 12.2 Å². The third kappa shape index (κ3) is 4.32. The molecule has 1 aromatic heterocycles. The van der Waals surface area contributed by atoms with Crippen LogP contribution in [0, 0.1) is 5.41 Å². The Morgan fingerprint density at radius 3 is 2.86 bits per heavy atom. The Labute approximate surface area is 185 Å². The SMILES string of the molecule is CCN=C(NC1CCc2ncnn2C1)NC1CC(OCC)C12CCCCC2.I. The summed E-state index contributed by atoms with van der Waals surface area (Å²) in [6, 6.07) is 0.819. The van der Waals surface area contributed by atoms with Crippen molar-refractivity contribution in [2.24, 2.45) is 10.4 Å². The molecule has 1 aliphatic heterocycles. The van der Waals surface area contributed by atoms with E-state index < -0.39 is 0 Å². The number of aromatic nitrogens is 3. The standard InChI is InChI=1S/C20H34N6O.HI/c1-3-21-19(24-15-8-9-18-22-14-23-26(18)13-15)25-16-12-17(27-4-2)20(16)10-6-5-7-11-20;/h14-17H,3-13H2,1-2H3,(H2,21,24,25);1H. The van der Waals surface area contributed by atoms with E-state index in [-0.39, 0.29) is 24.0 Å². The monoisotopic (exact) mass is 502 g/mol. The molecule has 2 heterocycles. The Morgan fingerprint density at radius 2 is 2.11 bits per heavy atom. The number of aliphatic imine (C=N–C) groups is 1. The zero-order valence-electron chi connectivity index (χ0n) is 17.2. The molecule has 1 aromatic rings. The quantitative estimate of drug-likeness (QED) is 0.368. The Morgan fingerprint density at radius 1 is 1.29 bits per heavy atom. The predicted molar refractivity (Wildman–Crippen MR) is 121 cm³/mol. The molecule has 28 heavy (non-hydrogen) atoms. The van der Waals surface area contributed by atoms with Crippen LogP contribution in [0.5, 0.6) is 0 Å². The number of aryl methyl sites for hydroxylation is 1. The Bertz CT molecular complexity index is 657. The molecule has 3 unspecified atom stereocenters. The number of hydrogen-bond donors (Lipinski definition) is 2. The van der Waals surface area contributed by atoms with Crippen molar-refractivity contribution in [2.45, 2.75) is 89.9 Å². The van der Waals surface area contributed by atoms with Crippen LogP contribution in [0.3, 0.4) is 0 Å². The molecule has 2 saturated carbocycles. The second kappa shape index (κ2) is 9.73. The van der Waals surface area contributed by atoms with Crippen molar-refractivity contribution >= 4 is 29.9 Å². The van der Waals surface area contributed by atoms with Crippen molar-refractivity contribution in [1.29, 1.82) is 0 Å². The Kier molecular flexibility index (Phi) is 7.58. The van der Waals surface area contributed by atoms with Crippen LogP contribution < -0.4 is 10.6 Å². The third-order valence-corrected chi connectivity index (χ3v) is 6.71. The van der Waals surface area contributed by atoms with Crippen LogP contribution in [0.15, 0.2) is 11.3 Å². The van der Waals surface area contributed by atoms with Crippen LogP contribution >= 0.6 is 24.0 Å². The summed E-state index contributed by atoms with van der Waals surface area (Å²) in [6.07, 6.45) is 11.8. The number of nitrogens with one attached hydrogen (secondary N) is 2. The van der Waals surface area contributed by atoms with Gasteiger partial charge in [-0.15, -0.1) is 24.0 Å². The molecule has 0 bridgehead atoms. The van der Waals surface area contributed by atoms with Gasteiger partial charge in [0.1, 0.15) is 12.2 Å². The van der Waals surface area contributed by atoms with Gasteiger partial charge in [-0.25, -0.2) is 9.67 Å². The van der Waals surface area contributed by atoms with Gasteiger partial charge in [-0.3, -0.25) is 4.99 Å². The highest BCUT2D eigenvalue weighted by atomic mass is 127. The Hall–Kier alpha value is -0.900. The van der Waals surface area contributed by atoms with Gasteiger partial charge in [0.25, 0.3) is 0 Å². The van der Waals surface area contributed by atoms with E-state index in [1.165, 1.54) is 32.1 Å². The summed E-state index contributed by atoms with van der Waals surface area (Å²) in [6.45, 7) is 6.67. The minimum atomic E-state index is 0. The molecule has 158 valence electrons. The molecule has 1 spiro atoms. The summed E-state index contributed by atoms with van der Waals surface area (Å²) >= 11 is 0. The van der Waals surface area contributed by atoms with Gasteiger partial charge in [-0.05, 0) is 39.5 Å². The molecular formula is C20H35IN6O. The molecule has 2 aliphatic carbocycles. The van der Waals surface area contributed by atoms with Gasteiger partial charge in [0.2, 0.25) is 0 Å². The van der Waals surface area contributed by atoms with E-state index >= 15 is 0 Å². The molecule has 2 fully saturated rings. The molecule has 2 N–H and O–H groups in total. The molecule has 3 atom stereocenters. The van der Waals surface area contributed by atoms with Gasteiger partial charge in [0.15, 0.2) is 5.96 Å². The summed E-state index contributed by atoms with van der Waals surface area (Å²) in [4.78, 5) is 9.07. The van der Waals surface area contributed by atoms with Crippen molar-refractivity contribution < 1.29 is 4.74 Å². The first-order valence-electron chi connectivity index (χ1n) is 10.8. The van der Waals surface area contributed by atoms with Crippen LogP contribution in [0.4, 0.5) is 0 Å². The normalized spacial score (nSPS) is 28.8. The van der Waals surface area contributed by atoms with Crippen LogP contribution in [-0.4, -0.2) is 52.1 Å². The number of nitrogens with zero attached hydrogens (tertiary/aromatic N) is 4. The van der Waals surface area contributed by atoms with E-state index in [1.807, 2.05) is 4.68 Å². The molecular weight excluding hydrogens is 467 g/mol. The van der Waals surface area contributed by atoms with Crippen molar-refractivity contribution in [3.63, 3.8) is 0 Å². The minimum absolute atomic E-state index is 0. The highest BCUT2D eigenvalue weighted by Crippen LogP contribution is 2.53. The van der Waals surface area contributed by atoms with Crippen molar-refractivity contribution in [3.8, 4) is 0 Å². The lowest BCUT2D eigenvalue weighted by molar-refractivity contribution is -0.145. The first-order chi connectivity index (χ1) is 13.2. The lowest BCUT2D eigenvalue weighted by Crippen LogP contribution is -2.67. The number of ether oxygens (including phenoxy) is 1. The van der Waals surface area contributed by atoms with E-state index in [9.17, 15) is 0 Å². The number of guanidine groups is 1. The van der Waals surface area contributed by atoms with Crippen molar-refractivity contribution in [1.82, 2.24) is 25.4 Å². The lowest BCUT2D eigenvalue weighted by atomic mass is 9.55. The van der Waals surface area contributed by atoms with Gasteiger partial charge in [0, 0.05) is 37.1 Å². The number of hydrogen-bond acceptors (Lipinski definition) is 4. The second-order valence-electron chi connectivity index (χ2n) is 8.23. The maximum absolute atomic E-state index is 6.10. The molecule has 0 aromatic carbocycles. The first-order valence-corrected chi connectivity index (χ1v) is 10.8. The number of fused-ring (bicyclic) bond motifs is 1. The number of rotatable bonds is 5. The average molecular weight is 502 g/mol. The molecule has 0 radical (unpaired) electrons. The maximum Gasteiger partial charge on any atom is 0.191 e. The molecule has 0 saturated heterocycles. The van der Waals surface area contributed by atoms with Crippen molar-refractivity contribution in [2.75, 3.05) is 13.2 Å². The van der Waals surface area contributed by atoms with Crippen LogP contribution in [0.2, 0.25) is 0 Å². The van der Waals surface area contributed by atoms with E-state index in [1.54, 1.807) is 6.33 Å². The van der Waals surface area contributed by atoms with Gasteiger partial charge in [-0.1, -0.05) is 19.3 Å². The largest absolute Gasteiger partial charge is 0.378 e. The summed E-state index contributed by atoms with van der Waals surface area (Å²) in [5, 5.41) is 11.8. The van der Waals surface area contributed by atoms with E-state index in [0.29, 0.717) is 23.6 Å². The minimum Gasteiger partial charge on any atom is -0.378 e. The van der Waals surface area contributed by atoms with Gasteiger partial charge in [-0.2, -0.15) is 5.10 Å². The van der Waals surface area contributed by atoms with Gasteiger partial charge in [0.05, 0.1) is 12.6 Å².